The predicted octanol–water partition coefficient (Wildman–Crippen LogP) is 3.15. The number of carbonyl (C=O) groups is 2. The zero-order valence-electron chi connectivity index (χ0n) is 20.7. The summed E-state index contributed by atoms with van der Waals surface area (Å²) in [6.45, 7) is 2.07. The zero-order valence-corrected chi connectivity index (χ0v) is 20.7. The fraction of sp³-hybridized carbons (Fsp3) is 0.481. The Morgan fingerprint density at radius 3 is 2.23 bits per heavy atom. The van der Waals surface area contributed by atoms with E-state index < -0.39 is 11.1 Å². The van der Waals surface area contributed by atoms with Crippen LogP contribution in [0.3, 0.4) is 0 Å². The zero-order chi connectivity index (χ0) is 24.9. The Balaban J connectivity index is 1.44. The average Bonchev–Trinajstić information content (AvgIpc) is 3.69. The van der Waals surface area contributed by atoms with Crippen LogP contribution in [0.15, 0.2) is 48.5 Å². The van der Waals surface area contributed by atoms with E-state index >= 15 is 0 Å². The van der Waals surface area contributed by atoms with Gasteiger partial charge in [0.2, 0.25) is 5.91 Å². The molecule has 1 amide bonds. The second-order valence-corrected chi connectivity index (χ2v) is 9.17. The SMILES string of the molecule is COC(=O)c1ccc(C2(NC(=O)C3(N(C)CCOc4ccccc4OC)CCOCC3)CC2)cc1. The molecule has 8 nitrogen and oxygen atoms in total. The summed E-state index contributed by atoms with van der Waals surface area (Å²) in [7, 11) is 4.96. The number of methoxy groups -OCH3 is 2. The van der Waals surface area contributed by atoms with E-state index in [2.05, 4.69) is 10.2 Å². The molecule has 35 heavy (non-hydrogen) atoms. The molecular formula is C27H34N2O6. The number of ether oxygens (including phenoxy) is 4. The molecule has 0 aromatic heterocycles. The highest BCUT2D eigenvalue weighted by Crippen LogP contribution is 2.46. The maximum atomic E-state index is 13.8. The van der Waals surface area contributed by atoms with E-state index in [1.807, 2.05) is 43.4 Å². The van der Waals surface area contributed by atoms with Crippen molar-refractivity contribution in [1.29, 1.82) is 0 Å². The first kappa shape index (κ1) is 25.0. The van der Waals surface area contributed by atoms with Gasteiger partial charge in [-0.05, 0) is 62.6 Å². The van der Waals surface area contributed by atoms with E-state index in [4.69, 9.17) is 18.9 Å². The standard InChI is InChI=1S/C27H34N2O6/c1-29(16-19-35-23-7-5-4-6-22(23)32-2)27(14-17-34-18-15-27)25(31)28-26(12-13-26)21-10-8-20(9-11-21)24(30)33-3/h4-11H,12-19H2,1-3H3,(H,28,31). The van der Waals surface area contributed by atoms with Gasteiger partial charge in [-0.25, -0.2) is 4.79 Å². The quantitative estimate of drug-likeness (QED) is 0.521. The lowest BCUT2D eigenvalue weighted by atomic mass is 9.86. The van der Waals surface area contributed by atoms with Crippen molar-refractivity contribution in [3.05, 3.63) is 59.7 Å². The van der Waals surface area contributed by atoms with E-state index in [1.54, 1.807) is 19.2 Å². The maximum absolute atomic E-state index is 13.8. The van der Waals surface area contributed by atoms with Gasteiger partial charge in [-0.2, -0.15) is 0 Å². The molecule has 1 aliphatic heterocycles. The Morgan fingerprint density at radius 2 is 1.63 bits per heavy atom. The Kier molecular flexibility index (Phi) is 7.62. The summed E-state index contributed by atoms with van der Waals surface area (Å²) >= 11 is 0. The molecule has 0 radical (unpaired) electrons. The molecule has 2 aliphatic rings. The summed E-state index contributed by atoms with van der Waals surface area (Å²) in [6.07, 6.45) is 2.95. The topological polar surface area (TPSA) is 86.3 Å². The Bertz CT molecular complexity index is 1030. The molecule has 1 aliphatic carbocycles. The number of hydrogen-bond acceptors (Lipinski definition) is 7. The number of likely N-dealkylation sites (N-methyl/N-ethyl adjacent to an activating group) is 1. The largest absolute Gasteiger partial charge is 0.493 e. The van der Waals surface area contributed by atoms with E-state index in [-0.39, 0.29) is 11.9 Å². The van der Waals surface area contributed by atoms with Crippen LogP contribution in [0.4, 0.5) is 0 Å². The van der Waals surface area contributed by atoms with Gasteiger partial charge in [0.05, 0.1) is 25.3 Å². The molecular weight excluding hydrogens is 448 g/mol. The first-order valence-corrected chi connectivity index (χ1v) is 12.0. The van der Waals surface area contributed by atoms with Gasteiger partial charge in [-0.1, -0.05) is 24.3 Å². The second-order valence-electron chi connectivity index (χ2n) is 9.17. The van der Waals surface area contributed by atoms with Gasteiger partial charge >= 0.3 is 5.97 Å². The monoisotopic (exact) mass is 482 g/mol. The maximum Gasteiger partial charge on any atom is 0.337 e. The van der Waals surface area contributed by atoms with Crippen LogP contribution >= 0.6 is 0 Å². The second kappa shape index (κ2) is 10.7. The Morgan fingerprint density at radius 1 is 0.971 bits per heavy atom. The molecule has 0 unspecified atom stereocenters. The average molecular weight is 483 g/mol. The number of hydrogen-bond donors (Lipinski definition) is 1. The molecule has 4 rings (SSSR count). The third-order valence-electron chi connectivity index (χ3n) is 7.19. The molecule has 0 atom stereocenters. The van der Waals surface area contributed by atoms with Crippen LogP contribution in [-0.4, -0.2) is 69.9 Å². The van der Waals surface area contributed by atoms with E-state index in [1.165, 1.54) is 7.11 Å². The molecule has 1 saturated carbocycles. The van der Waals surface area contributed by atoms with Crippen LogP contribution in [0, 0.1) is 0 Å². The predicted molar refractivity (Wildman–Crippen MR) is 131 cm³/mol. The fourth-order valence-electron chi connectivity index (χ4n) is 4.72. The minimum atomic E-state index is -0.677. The first-order valence-electron chi connectivity index (χ1n) is 12.0. The number of esters is 1. The molecule has 2 aromatic rings. The number of benzene rings is 2. The van der Waals surface area contributed by atoms with Gasteiger partial charge in [0, 0.05) is 19.8 Å². The third kappa shape index (κ3) is 5.28. The Hall–Kier alpha value is -3.10. The van der Waals surface area contributed by atoms with Crippen molar-refractivity contribution in [2.45, 2.75) is 36.8 Å². The van der Waals surface area contributed by atoms with Crippen molar-refractivity contribution in [2.75, 3.05) is 47.6 Å². The molecule has 0 spiro atoms. The third-order valence-corrected chi connectivity index (χ3v) is 7.19. The molecule has 1 N–H and O–H groups in total. The smallest absolute Gasteiger partial charge is 0.337 e. The highest BCUT2D eigenvalue weighted by atomic mass is 16.5. The molecule has 1 heterocycles. The van der Waals surface area contributed by atoms with Crippen molar-refractivity contribution in [3.8, 4) is 11.5 Å². The fourth-order valence-corrected chi connectivity index (χ4v) is 4.72. The van der Waals surface area contributed by atoms with E-state index in [9.17, 15) is 9.59 Å². The molecule has 2 aromatic carbocycles. The number of rotatable bonds is 10. The number of carbonyl (C=O) groups excluding carboxylic acids is 2. The normalized spacial score (nSPS) is 17.9. The lowest BCUT2D eigenvalue weighted by Crippen LogP contribution is -2.62. The Labute approximate surface area is 206 Å². The lowest BCUT2D eigenvalue weighted by Gasteiger charge is -2.43. The highest BCUT2D eigenvalue weighted by molar-refractivity contribution is 5.89. The van der Waals surface area contributed by atoms with Gasteiger partial charge in [0.15, 0.2) is 11.5 Å². The van der Waals surface area contributed by atoms with E-state index in [0.717, 1.165) is 18.4 Å². The number of para-hydroxylation sites is 2. The van der Waals surface area contributed by atoms with Crippen LogP contribution in [0.2, 0.25) is 0 Å². The van der Waals surface area contributed by atoms with Crippen molar-refractivity contribution in [2.24, 2.45) is 0 Å². The number of amides is 1. The molecule has 188 valence electrons. The van der Waals surface area contributed by atoms with Crippen LogP contribution < -0.4 is 14.8 Å². The molecule has 2 fully saturated rings. The lowest BCUT2D eigenvalue weighted by molar-refractivity contribution is -0.140. The van der Waals surface area contributed by atoms with Crippen molar-refractivity contribution in [1.82, 2.24) is 10.2 Å². The van der Waals surface area contributed by atoms with Crippen LogP contribution in [0.1, 0.15) is 41.6 Å². The van der Waals surface area contributed by atoms with Crippen molar-refractivity contribution >= 4 is 11.9 Å². The summed E-state index contributed by atoms with van der Waals surface area (Å²) in [6, 6.07) is 14.8. The van der Waals surface area contributed by atoms with E-state index in [0.29, 0.717) is 56.3 Å². The molecule has 8 heteroatoms. The van der Waals surface area contributed by atoms with Crippen LogP contribution in [0.5, 0.6) is 11.5 Å². The summed E-state index contributed by atoms with van der Waals surface area (Å²) in [5.41, 5.74) is 0.423. The van der Waals surface area contributed by atoms with Crippen molar-refractivity contribution < 1.29 is 28.5 Å². The van der Waals surface area contributed by atoms with Gasteiger partial charge in [0.25, 0.3) is 0 Å². The molecule has 1 saturated heterocycles. The number of nitrogens with zero attached hydrogens (tertiary/aromatic N) is 1. The summed E-state index contributed by atoms with van der Waals surface area (Å²) in [4.78, 5) is 27.7. The molecule has 0 bridgehead atoms. The summed E-state index contributed by atoms with van der Waals surface area (Å²) < 4.78 is 21.7. The number of nitrogens with one attached hydrogen (secondary N) is 1. The minimum absolute atomic E-state index is 0.00939. The van der Waals surface area contributed by atoms with Gasteiger partial charge in [-0.15, -0.1) is 0 Å². The van der Waals surface area contributed by atoms with Crippen molar-refractivity contribution in [3.63, 3.8) is 0 Å². The van der Waals surface area contributed by atoms with Gasteiger partial charge in [0.1, 0.15) is 12.1 Å². The van der Waals surface area contributed by atoms with Crippen LogP contribution in [-0.2, 0) is 19.8 Å². The van der Waals surface area contributed by atoms with Crippen LogP contribution in [0.25, 0.3) is 0 Å². The van der Waals surface area contributed by atoms with Gasteiger partial charge < -0.3 is 24.3 Å². The highest BCUT2D eigenvalue weighted by Gasteiger charge is 2.51. The minimum Gasteiger partial charge on any atom is -0.493 e. The summed E-state index contributed by atoms with van der Waals surface area (Å²) in [5, 5.41) is 3.35. The van der Waals surface area contributed by atoms with Gasteiger partial charge in [-0.3, -0.25) is 9.69 Å². The summed E-state index contributed by atoms with van der Waals surface area (Å²) in [5.74, 6) is 1.00. The first-order chi connectivity index (χ1) is 16.9.